The summed E-state index contributed by atoms with van der Waals surface area (Å²) in [6.45, 7) is 3.44. The number of rotatable bonds is 8. The number of carboxylic acid groups (broad SMARTS) is 2. The minimum atomic E-state index is -1.94. The van der Waals surface area contributed by atoms with Gasteiger partial charge in [0.15, 0.2) is 5.60 Å². The van der Waals surface area contributed by atoms with Gasteiger partial charge in [0.05, 0.1) is 41.1 Å². The lowest BCUT2D eigenvalue weighted by molar-refractivity contribution is -0.172. The van der Waals surface area contributed by atoms with E-state index in [1.54, 1.807) is 29.7 Å². The molecule has 3 N–H and O–H groups in total. The van der Waals surface area contributed by atoms with Crippen LogP contribution in [-0.2, 0) is 40.2 Å². The van der Waals surface area contributed by atoms with E-state index in [0.717, 1.165) is 26.3 Å². The Kier molecular flexibility index (Phi) is 7.63. The van der Waals surface area contributed by atoms with Crippen LogP contribution < -0.4 is 5.56 Å². The summed E-state index contributed by atoms with van der Waals surface area (Å²) in [4.78, 5) is 57.5. The first-order chi connectivity index (χ1) is 20.8. The number of hydrogen-bond acceptors (Lipinski definition) is 7. The minimum Gasteiger partial charge on any atom is -0.465 e. The van der Waals surface area contributed by atoms with E-state index in [9.17, 15) is 34.5 Å². The smallest absolute Gasteiger partial charge is 0.407 e. The third-order valence-electron chi connectivity index (χ3n) is 9.13. The van der Waals surface area contributed by atoms with E-state index in [2.05, 4.69) is 5.92 Å². The van der Waals surface area contributed by atoms with Gasteiger partial charge in [0.25, 0.3) is 5.56 Å². The van der Waals surface area contributed by atoms with Crippen molar-refractivity contribution < 1.29 is 34.4 Å². The Morgan fingerprint density at radius 3 is 2.50 bits per heavy atom. The van der Waals surface area contributed by atoms with Crippen molar-refractivity contribution >= 4 is 29.1 Å². The number of fused-ring (bicyclic) bond motifs is 5. The molecule has 0 spiro atoms. The first-order valence-corrected chi connectivity index (χ1v) is 14.3. The van der Waals surface area contributed by atoms with Crippen LogP contribution >= 0.6 is 0 Å². The van der Waals surface area contributed by atoms with Gasteiger partial charge in [-0.1, -0.05) is 19.9 Å². The van der Waals surface area contributed by atoms with E-state index in [1.807, 2.05) is 13.0 Å². The number of ether oxygens (including phenoxy) is 1. The maximum absolute atomic E-state index is 13.7. The van der Waals surface area contributed by atoms with Gasteiger partial charge in [0.1, 0.15) is 6.61 Å². The molecule has 4 heterocycles. The molecule has 12 heteroatoms. The molecule has 2 atom stereocenters. The van der Waals surface area contributed by atoms with Crippen LogP contribution in [0.1, 0.15) is 60.9 Å². The van der Waals surface area contributed by atoms with Crippen LogP contribution in [0.15, 0.2) is 29.1 Å². The average molecular weight is 603 g/mol. The number of benzene rings is 1. The average Bonchev–Trinajstić information content (AvgIpc) is 3.37. The van der Waals surface area contributed by atoms with E-state index in [0.29, 0.717) is 28.9 Å². The normalized spacial score (nSPS) is 18.0. The van der Waals surface area contributed by atoms with Crippen LogP contribution in [-0.4, -0.2) is 73.5 Å². The molecule has 0 saturated carbocycles. The summed E-state index contributed by atoms with van der Waals surface area (Å²) in [7, 11) is 2.78. The topological polar surface area (TPSA) is 162 Å². The highest BCUT2D eigenvalue weighted by Crippen LogP contribution is 2.42. The summed E-state index contributed by atoms with van der Waals surface area (Å²) in [6.07, 6.45) is 4.09. The molecule has 2 aromatic heterocycles. The first kappa shape index (κ1) is 30.6. The summed E-state index contributed by atoms with van der Waals surface area (Å²) in [5.74, 6) is 1.76. The van der Waals surface area contributed by atoms with Crippen molar-refractivity contribution in [3.05, 3.63) is 62.4 Å². The Balaban J connectivity index is 1.74. The van der Waals surface area contributed by atoms with Crippen LogP contribution in [0, 0.1) is 12.3 Å². The van der Waals surface area contributed by atoms with E-state index in [-0.39, 0.29) is 55.6 Å². The van der Waals surface area contributed by atoms with Crippen LogP contribution in [0.5, 0.6) is 0 Å². The van der Waals surface area contributed by atoms with Crippen molar-refractivity contribution in [2.24, 2.45) is 0 Å². The van der Waals surface area contributed by atoms with Crippen LogP contribution in [0.2, 0.25) is 0 Å². The van der Waals surface area contributed by atoms with Crippen molar-refractivity contribution in [1.29, 1.82) is 0 Å². The number of carbonyl (C=O) groups excluding carboxylic acids is 1. The van der Waals surface area contributed by atoms with E-state index in [4.69, 9.17) is 16.1 Å². The van der Waals surface area contributed by atoms with Gasteiger partial charge in [-0.2, -0.15) is 0 Å². The monoisotopic (exact) mass is 602 g/mol. The lowest BCUT2D eigenvalue weighted by Crippen LogP contribution is -2.53. The van der Waals surface area contributed by atoms with Gasteiger partial charge in [-0.3, -0.25) is 9.69 Å². The second-order valence-corrected chi connectivity index (χ2v) is 11.3. The third kappa shape index (κ3) is 4.46. The molecular formula is C32H34N4O8. The van der Waals surface area contributed by atoms with Gasteiger partial charge in [-0.15, -0.1) is 12.3 Å². The summed E-state index contributed by atoms with van der Waals surface area (Å²) in [6, 6.07) is 6.98. The fourth-order valence-corrected chi connectivity index (χ4v) is 6.56. The zero-order valence-corrected chi connectivity index (χ0v) is 25.0. The number of cyclic esters (lactones) is 1. The zero-order chi connectivity index (χ0) is 32.1. The van der Waals surface area contributed by atoms with Crippen molar-refractivity contribution in [1.82, 2.24) is 19.4 Å². The molecule has 0 saturated heterocycles. The number of amides is 2. The van der Waals surface area contributed by atoms with E-state index < -0.39 is 29.3 Å². The van der Waals surface area contributed by atoms with Crippen LogP contribution in [0.4, 0.5) is 9.59 Å². The molecule has 1 aromatic carbocycles. The standard InChI is InChI=1S/C32H34N4O8/c1-6-9-12-31(35(5)30(41)42,17-34(4)29(39)40)18-10-11-24-20(13-18)19(7-2)21-15-36-25(26(21)33-24)14-23-22(27(36)37)16-44-28(38)32(23,43)8-3/h1,10-11,13-14,43H,7-9,12,15-17H2,2-5H3,(H,39,40)(H,41,42). The summed E-state index contributed by atoms with van der Waals surface area (Å²) in [5, 5.41) is 31.7. The number of likely N-dealkylation sites (N-methyl/N-ethyl adjacent to an activating group) is 2. The maximum Gasteiger partial charge on any atom is 0.407 e. The molecular weight excluding hydrogens is 568 g/mol. The number of pyridine rings is 2. The highest BCUT2D eigenvalue weighted by molar-refractivity contribution is 5.90. The molecule has 0 bridgehead atoms. The summed E-state index contributed by atoms with van der Waals surface area (Å²) in [5.41, 5.74) is 0.731. The predicted octanol–water partition coefficient (Wildman–Crippen LogP) is 3.47. The second-order valence-electron chi connectivity index (χ2n) is 11.3. The number of nitrogens with zero attached hydrogens (tertiary/aromatic N) is 4. The fraction of sp³-hybridized carbons (Fsp3) is 0.406. The van der Waals surface area contributed by atoms with Crippen molar-refractivity contribution in [2.45, 2.75) is 63.8 Å². The molecule has 230 valence electrons. The Morgan fingerprint density at radius 1 is 1.16 bits per heavy atom. The third-order valence-corrected chi connectivity index (χ3v) is 9.13. The molecule has 2 aliphatic rings. The Morgan fingerprint density at radius 2 is 1.89 bits per heavy atom. The first-order valence-electron chi connectivity index (χ1n) is 14.3. The largest absolute Gasteiger partial charge is 0.465 e. The van der Waals surface area contributed by atoms with Gasteiger partial charge in [0.2, 0.25) is 0 Å². The van der Waals surface area contributed by atoms with Crippen LogP contribution in [0.25, 0.3) is 22.3 Å². The zero-order valence-electron chi connectivity index (χ0n) is 25.0. The molecule has 0 fully saturated rings. The SMILES string of the molecule is C#CCCC(CN(C)C(=O)O)(c1ccc2nc3c(c(CC)c2c1)Cn1c-3cc2c(c1=O)COC(=O)C2(O)CC)N(C)C(=O)O. The molecule has 44 heavy (non-hydrogen) atoms. The number of hydrogen-bond donors (Lipinski definition) is 3. The minimum absolute atomic E-state index is 0.0337. The summed E-state index contributed by atoms with van der Waals surface area (Å²) < 4.78 is 6.74. The molecule has 3 aromatic rings. The number of esters is 1. The lowest BCUT2D eigenvalue weighted by Gasteiger charge is -2.42. The molecule has 5 rings (SSSR count). The van der Waals surface area contributed by atoms with Gasteiger partial charge in [0, 0.05) is 37.0 Å². The number of terminal acetylenes is 1. The van der Waals surface area contributed by atoms with Crippen molar-refractivity contribution in [3.63, 3.8) is 0 Å². The fourth-order valence-electron chi connectivity index (χ4n) is 6.56. The molecule has 0 aliphatic carbocycles. The van der Waals surface area contributed by atoms with E-state index in [1.165, 1.54) is 14.1 Å². The molecule has 12 nitrogen and oxygen atoms in total. The Bertz CT molecular complexity index is 1830. The van der Waals surface area contributed by atoms with Crippen LogP contribution in [0.3, 0.4) is 0 Å². The van der Waals surface area contributed by atoms with Gasteiger partial charge in [-0.05, 0) is 48.6 Å². The molecule has 2 unspecified atom stereocenters. The maximum atomic E-state index is 13.7. The summed E-state index contributed by atoms with van der Waals surface area (Å²) >= 11 is 0. The highest BCUT2D eigenvalue weighted by atomic mass is 16.6. The number of aryl methyl sites for hydroxylation is 1. The van der Waals surface area contributed by atoms with Crippen molar-refractivity contribution in [3.8, 4) is 23.7 Å². The Hall–Kier alpha value is -4.89. The number of aliphatic hydroxyl groups is 1. The lowest BCUT2D eigenvalue weighted by atomic mass is 9.82. The van der Waals surface area contributed by atoms with Gasteiger partial charge in [-0.25, -0.2) is 19.4 Å². The predicted molar refractivity (Wildman–Crippen MR) is 160 cm³/mol. The second kappa shape index (κ2) is 11.0. The van der Waals surface area contributed by atoms with Gasteiger partial charge >= 0.3 is 18.2 Å². The Labute approximate surface area is 253 Å². The number of aromatic nitrogens is 2. The molecule has 2 aliphatic heterocycles. The van der Waals surface area contributed by atoms with Gasteiger partial charge < -0.3 is 29.5 Å². The van der Waals surface area contributed by atoms with Crippen molar-refractivity contribution in [2.75, 3.05) is 20.6 Å². The number of carbonyl (C=O) groups is 3. The molecule has 0 radical (unpaired) electrons. The quantitative estimate of drug-likeness (QED) is 0.202. The molecule has 2 amide bonds. The van der Waals surface area contributed by atoms with E-state index >= 15 is 0 Å². The highest BCUT2D eigenvalue weighted by Gasteiger charge is 2.46.